The number of nitrogens with zero attached hydrogens (tertiary/aromatic N) is 3. The van der Waals surface area contributed by atoms with Gasteiger partial charge in [-0.2, -0.15) is 0 Å². The van der Waals surface area contributed by atoms with Crippen molar-refractivity contribution in [1.82, 2.24) is 20.3 Å². The summed E-state index contributed by atoms with van der Waals surface area (Å²) in [5.41, 5.74) is 4.58. The minimum absolute atomic E-state index is 0.166. The smallest absolute Gasteiger partial charge is 0.335 e. The maximum Gasteiger partial charge on any atom is 0.335 e. The average Bonchev–Trinajstić information content (AvgIpc) is 3.44. The minimum Gasteiger partial charge on any atom is -0.478 e. The van der Waals surface area contributed by atoms with Gasteiger partial charge in [-0.15, -0.1) is 5.10 Å². The Balaban J connectivity index is 1.43. The molecule has 1 heterocycles. The van der Waals surface area contributed by atoms with E-state index in [0.717, 1.165) is 21.9 Å². The second-order valence-electron chi connectivity index (χ2n) is 10.3. The summed E-state index contributed by atoms with van der Waals surface area (Å²) >= 11 is 0. The molecule has 2 atom stereocenters. The molecule has 0 radical (unpaired) electrons. The lowest BCUT2D eigenvalue weighted by atomic mass is 9.99. The van der Waals surface area contributed by atoms with Gasteiger partial charge in [0.25, 0.3) is 5.91 Å². The number of benzene rings is 5. The third-order valence-corrected chi connectivity index (χ3v) is 7.60. The molecule has 5 aromatic carbocycles. The molecule has 1 amide bonds. The highest BCUT2D eigenvalue weighted by Gasteiger charge is 2.23. The lowest BCUT2D eigenvalue weighted by Gasteiger charge is -2.18. The molecule has 0 aliphatic rings. The molecule has 6 rings (SSSR count). The molecule has 0 aliphatic heterocycles. The fourth-order valence-corrected chi connectivity index (χ4v) is 5.24. The van der Waals surface area contributed by atoms with Gasteiger partial charge in [-0.25, -0.2) is 13.9 Å². The monoisotopic (exact) mass is 558 g/mol. The van der Waals surface area contributed by atoms with Crippen molar-refractivity contribution in [3.05, 3.63) is 131 Å². The predicted molar refractivity (Wildman–Crippen MR) is 160 cm³/mol. The number of carboxylic acid groups (broad SMARTS) is 1. The SMILES string of the molecule is C[C@H](NC(=O)c1cc(-c2cccc(F)c2)cc2nnn([C@@H](C)c3ccc4ccccc4c3)c12)c1ccc(C(=O)O)cc1. The molecule has 0 aliphatic carbocycles. The summed E-state index contributed by atoms with van der Waals surface area (Å²) in [6.45, 7) is 3.83. The molecular weight excluding hydrogens is 531 g/mol. The van der Waals surface area contributed by atoms with E-state index in [4.69, 9.17) is 0 Å². The van der Waals surface area contributed by atoms with E-state index in [1.165, 1.54) is 24.3 Å². The fourth-order valence-electron chi connectivity index (χ4n) is 5.24. The van der Waals surface area contributed by atoms with Crippen LogP contribution in [0, 0.1) is 5.82 Å². The number of rotatable bonds is 7. The van der Waals surface area contributed by atoms with E-state index in [0.29, 0.717) is 27.7 Å². The second-order valence-corrected chi connectivity index (χ2v) is 10.3. The Morgan fingerprint density at radius 2 is 1.55 bits per heavy atom. The van der Waals surface area contributed by atoms with Crippen molar-refractivity contribution in [3.8, 4) is 11.1 Å². The van der Waals surface area contributed by atoms with E-state index in [9.17, 15) is 19.1 Å². The summed E-state index contributed by atoms with van der Waals surface area (Å²) in [5.74, 6) is -1.76. The Morgan fingerprint density at radius 1 is 0.810 bits per heavy atom. The normalized spacial score (nSPS) is 12.7. The lowest BCUT2D eigenvalue weighted by molar-refractivity contribution is 0.0696. The Kier molecular flexibility index (Phi) is 6.96. The topological polar surface area (TPSA) is 97.1 Å². The Labute approximate surface area is 241 Å². The van der Waals surface area contributed by atoms with Crippen LogP contribution in [0.3, 0.4) is 0 Å². The minimum atomic E-state index is -1.02. The summed E-state index contributed by atoms with van der Waals surface area (Å²) < 4.78 is 15.9. The highest BCUT2D eigenvalue weighted by molar-refractivity contribution is 6.07. The molecule has 0 spiro atoms. The summed E-state index contributed by atoms with van der Waals surface area (Å²) in [7, 11) is 0. The van der Waals surface area contributed by atoms with Crippen LogP contribution < -0.4 is 5.32 Å². The van der Waals surface area contributed by atoms with E-state index in [1.807, 2.05) is 38.1 Å². The van der Waals surface area contributed by atoms with E-state index in [2.05, 4.69) is 39.9 Å². The average molecular weight is 559 g/mol. The van der Waals surface area contributed by atoms with Crippen LogP contribution in [-0.4, -0.2) is 32.0 Å². The molecule has 0 saturated carbocycles. The number of nitrogens with one attached hydrogen (secondary N) is 1. The molecule has 8 heteroatoms. The standard InChI is InChI=1S/C34H27FN4O3/c1-20(22-10-13-24(14-11-22)34(41)42)36-33(40)30-18-28(27-8-5-9-29(35)17-27)19-31-32(30)39(38-37-31)21(2)25-15-12-23-6-3-4-7-26(23)16-25/h3-21H,1-2H3,(H,36,40)(H,41,42)/t20-,21-/m0/s1. The van der Waals surface area contributed by atoms with Gasteiger partial charge in [0.05, 0.1) is 23.2 Å². The molecule has 1 aromatic heterocycles. The van der Waals surface area contributed by atoms with Gasteiger partial charge in [-0.05, 0) is 89.3 Å². The maximum absolute atomic E-state index is 14.1. The predicted octanol–water partition coefficient (Wildman–Crippen LogP) is 7.19. The van der Waals surface area contributed by atoms with Crippen LogP contribution in [0.1, 0.15) is 57.8 Å². The quantitative estimate of drug-likeness (QED) is 0.216. The maximum atomic E-state index is 14.1. The third kappa shape index (κ3) is 5.10. The highest BCUT2D eigenvalue weighted by atomic mass is 19.1. The Morgan fingerprint density at radius 3 is 2.29 bits per heavy atom. The Hall–Kier alpha value is -5.37. The summed E-state index contributed by atoms with van der Waals surface area (Å²) in [6, 6.07) is 29.8. The van der Waals surface area contributed by atoms with Crippen LogP contribution in [0.2, 0.25) is 0 Å². The summed E-state index contributed by atoms with van der Waals surface area (Å²) in [5, 5.41) is 23.4. The van der Waals surface area contributed by atoms with E-state index in [1.54, 1.807) is 35.0 Å². The first-order valence-electron chi connectivity index (χ1n) is 13.6. The van der Waals surface area contributed by atoms with Crippen molar-refractivity contribution >= 4 is 33.7 Å². The van der Waals surface area contributed by atoms with Gasteiger partial charge < -0.3 is 10.4 Å². The van der Waals surface area contributed by atoms with Crippen molar-refractivity contribution in [2.45, 2.75) is 25.9 Å². The molecule has 0 unspecified atom stereocenters. The first-order chi connectivity index (χ1) is 20.3. The number of amides is 1. The molecule has 0 saturated heterocycles. The van der Waals surface area contributed by atoms with Crippen molar-refractivity contribution < 1.29 is 19.1 Å². The highest BCUT2D eigenvalue weighted by Crippen LogP contribution is 2.31. The number of fused-ring (bicyclic) bond motifs is 2. The number of halogens is 1. The number of aromatic nitrogens is 3. The van der Waals surface area contributed by atoms with Gasteiger partial charge in [0, 0.05) is 0 Å². The lowest BCUT2D eigenvalue weighted by Crippen LogP contribution is -2.27. The number of hydrogen-bond donors (Lipinski definition) is 2. The number of aromatic carboxylic acids is 1. The van der Waals surface area contributed by atoms with E-state index >= 15 is 0 Å². The third-order valence-electron chi connectivity index (χ3n) is 7.60. The Bertz CT molecular complexity index is 1970. The number of carboxylic acids is 1. The van der Waals surface area contributed by atoms with Crippen molar-refractivity contribution in [2.75, 3.05) is 0 Å². The van der Waals surface area contributed by atoms with Gasteiger partial charge in [0.2, 0.25) is 0 Å². The zero-order chi connectivity index (χ0) is 29.4. The largest absolute Gasteiger partial charge is 0.478 e. The molecule has 42 heavy (non-hydrogen) atoms. The first kappa shape index (κ1) is 26.8. The van der Waals surface area contributed by atoms with Crippen LogP contribution in [-0.2, 0) is 0 Å². The summed E-state index contributed by atoms with van der Waals surface area (Å²) in [4.78, 5) is 25.2. The molecule has 6 aromatic rings. The van der Waals surface area contributed by atoms with E-state index < -0.39 is 12.0 Å². The molecule has 7 nitrogen and oxygen atoms in total. The first-order valence-corrected chi connectivity index (χ1v) is 13.6. The second kappa shape index (κ2) is 10.9. The van der Waals surface area contributed by atoms with Gasteiger partial charge >= 0.3 is 5.97 Å². The zero-order valence-electron chi connectivity index (χ0n) is 23.0. The molecule has 208 valence electrons. The van der Waals surface area contributed by atoms with Crippen molar-refractivity contribution in [2.24, 2.45) is 0 Å². The fraction of sp³-hybridized carbons (Fsp3) is 0.118. The van der Waals surface area contributed by atoms with Crippen LogP contribution >= 0.6 is 0 Å². The number of hydrogen-bond acceptors (Lipinski definition) is 4. The number of carbonyl (C=O) groups excluding carboxylic acids is 1. The van der Waals surface area contributed by atoms with Crippen molar-refractivity contribution in [3.63, 3.8) is 0 Å². The van der Waals surface area contributed by atoms with Gasteiger partial charge in [-0.1, -0.05) is 65.9 Å². The number of carbonyl (C=O) groups is 2. The molecular formula is C34H27FN4O3. The zero-order valence-corrected chi connectivity index (χ0v) is 23.0. The van der Waals surface area contributed by atoms with Crippen LogP contribution in [0.5, 0.6) is 0 Å². The van der Waals surface area contributed by atoms with Crippen LogP contribution in [0.4, 0.5) is 4.39 Å². The van der Waals surface area contributed by atoms with Crippen molar-refractivity contribution in [1.29, 1.82) is 0 Å². The van der Waals surface area contributed by atoms with Gasteiger partial charge in [0.15, 0.2) is 0 Å². The van der Waals surface area contributed by atoms with E-state index in [-0.39, 0.29) is 23.3 Å². The van der Waals surface area contributed by atoms with Crippen LogP contribution in [0.15, 0.2) is 103 Å². The summed E-state index contributed by atoms with van der Waals surface area (Å²) in [6.07, 6.45) is 0. The van der Waals surface area contributed by atoms with Gasteiger partial charge in [-0.3, -0.25) is 4.79 Å². The molecule has 0 fully saturated rings. The van der Waals surface area contributed by atoms with Crippen LogP contribution in [0.25, 0.3) is 32.9 Å². The molecule has 2 N–H and O–H groups in total. The molecule has 0 bridgehead atoms. The van der Waals surface area contributed by atoms with Gasteiger partial charge in [0.1, 0.15) is 16.9 Å².